The number of benzene rings is 1. The van der Waals surface area contributed by atoms with E-state index in [0.29, 0.717) is 12.5 Å². The summed E-state index contributed by atoms with van der Waals surface area (Å²) in [5.41, 5.74) is 1.02. The van der Waals surface area contributed by atoms with Crippen molar-refractivity contribution in [3.63, 3.8) is 0 Å². The van der Waals surface area contributed by atoms with E-state index in [1.54, 1.807) is 0 Å². The van der Waals surface area contributed by atoms with Crippen LogP contribution in [0.15, 0.2) is 22.7 Å². The Hall–Kier alpha value is -0.210. The maximum Gasteiger partial charge on any atom is 0.123 e. The van der Waals surface area contributed by atoms with Gasteiger partial charge in [-0.05, 0) is 25.1 Å². The van der Waals surface area contributed by atoms with Gasteiger partial charge in [-0.25, -0.2) is 0 Å². The molecule has 0 N–H and O–H groups in total. The largest absolute Gasteiger partial charge is 0.494 e. The van der Waals surface area contributed by atoms with Crippen LogP contribution in [0.3, 0.4) is 0 Å². The van der Waals surface area contributed by atoms with E-state index in [4.69, 9.17) is 16.3 Å². The number of hydrogen-bond donors (Lipinski definition) is 0. The van der Waals surface area contributed by atoms with Gasteiger partial charge in [-0.3, -0.25) is 0 Å². The first-order chi connectivity index (χ1) is 5.77. The molecule has 0 aromatic heterocycles. The fourth-order valence-corrected chi connectivity index (χ4v) is 1.57. The standard InChI is InChI=1S/C9H10BrClO/c1-2-12-9-4-3-8(10)5-7(9)6-11/h3-5H,2,6H2,1H3. The van der Waals surface area contributed by atoms with Crippen molar-refractivity contribution in [1.29, 1.82) is 0 Å². The lowest BCUT2D eigenvalue weighted by atomic mass is 10.2. The van der Waals surface area contributed by atoms with E-state index in [2.05, 4.69) is 15.9 Å². The van der Waals surface area contributed by atoms with Gasteiger partial charge in [0.05, 0.1) is 12.5 Å². The van der Waals surface area contributed by atoms with Gasteiger partial charge in [0.2, 0.25) is 0 Å². The average Bonchev–Trinajstić information content (AvgIpc) is 2.08. The number of hydrogen-bond acceptors (Lipinski definition) is 1. The number of rotatable bonds is 3. The Morgan fingerprint density at radius 3 is 2.83 bits per heavy atom. The van der Waals surface area contributed by atoms with Gasteiger partial charge in [-0.1, -0.05) is 15.9 Å². The smallest absolute Gasteiger partial charge is 0.123 e. The zero-order chi connectivity index (χ0) is 8.97. The summed E-state index contributed by atoms with van der Waals surface area (Å²) in [6.07, 6.45) is 0. The van der Waals surface area contributed by atoms with Gasteiger partial charge in [-0.15, -0.1) is 11.6 Å². The summed E-state index contributed by atoms with van der Waals surface area (Å²) >= 11 is 9.11. The summed E-state index contributed by atoms with van der Waals surface area (Å²) in [6, 6.07) is 5.84. The molecule has 0 aliphatic rings. The molecular formula is C9H10BrClO. The monoisotopic (exact) mass is 248 g/mol. The molecule has 0 saturated heterocycles. The summed E-state index contributed by atoms with van der Waals surface area (Å²) in [4.78, 5) is 0. The van der Waals surface area contributed by atoms with Crippen molar-refractivity contribution in [3.05, 3.63) is 28.2 Å². The highest BCUT2D eigenvalue weighted by Crippen LogP contribution is 2.24. The zero-order valence-corrected chi connectivity index (χ0v) is 9.15. The average molecular weight is 250 g/mol. The Labute approximate surface area is 85.8 Å². The molecule has 0 bridgehead atoms. The highest BCUT2D eigenvalue weighted by molar-refractivity contribution is 9.10. The van der Waals surface area contributed by atoms with Crippen molar-refractivity contribution < 1.29 is 4.74 Å². The van der Waals surface area contributed by atoms with Crippen molar-refractivity contribution >= 4 is 27.5 Å². The molecule has 1 nitrogen and oxygen atoms in total. The Morgan fingerprint density at radius 2 is 2.25 bits per heavy atom. The lowest BCUT2D eigenvalue weighted by molar-refractivity contribution is 0.337. The van der Waals surface area contributed by atoms with Gasteiger partial charge in [-0.2, -0.15) is 0 Å². The Balaban J connectivity index is 2.94. The van der Waals surface area contributed by atoms with Crippen LogP contribution in [0.4, 0.5) is 0 Å². The van der Waals surface area contributed by atoms with Crippen LogP contribution in [0.1, 0.15) is 12.5 Å². The maximum absolute atomic E-state index is 5.74. The van der Waals surface area contributed by atoms with Crippen molar-refractivity contribution in [2.24, 2.45) is 0 Å². The van der Waals surface area contributed by atoms with Crippen LogP contribution < -0.4 is 4.74 Å². The molecular weight excluding hydrogens is 239 g/mol. The quantitative estimate of drug-likeness (QED) is 0.744. The lowest BCUT2D eigenvalue weighted by Gasteiger charge is -2.07. The van der Waals surface area contributed by atoms with Crippen LogP contribution in [0, 0.1) is 0 Å². The molecule has 1 aromatic carbocycles. The molecule has 0 heterocycles. The second kappa shape index (κ2) is 4.73. The first kappa shape index (κ1) is 9.87. The molecule has 12 heavy (non-hydrogen) atoms. The third-order valence-electron chi connectivity index (χ3n) is 1.47. The van der Waals surface area contributed by atoms with Gasteiger partial charge in [0.25, 0.3) is 0 Å². The molecule has 0 unspecified atom stereocenters. The second-order valence-electron chi connectivity index (χ2n) is 2.32. The Kier molecular flexibility index (Phi) is 3.89. The normalized spacial score (nSPS) is 9.92. The summed E-state index contributed by atoms with van der Waals surface area (Å²) in [7, 11) is 0. The molecule has 1 rings (SSSR count). The molecule has 1 aromatic rings. The van der Waals surface area contributed by atoms with Crippen molar-refractivity contribution in [2.75, 3.05) is 6.61 Å². The van der Waals surface area contributed by atoms with Crippen LogP contribution in [-0.2, 0) is 5.88 Å². The highest BCUT2D eigenvalue weighted by atomic mass is 79.9. The fraction of sp³-hybridized carbons (Fsp3) is 0.333. The minimum Gasteiger partial charge on any atom is -0.494 e. The summed E-state index contributed by atoms with van der Waals surface area (Å²) in [5.74, 6) is 1.35. The van der Waals surface area contributed by atoms with Gasteiger partial charge in [0.1, 0.15) is 5.75 Å². The number of ether oxygens (including phenoxy) is 1. The van der Waals surface area contributed by atoms with Crippen molar-refractivity contribution in [2.45, 2.75) is 12.8 Å². The van der Waals surface area contributed by atoms with Crippen LogP contribution >= 0.6 is 27.5 Å². The Bertz CT molecular complexity index is 263. The molecule has 0 radical (unpaired) electrons. The molecule has 0 saturated carbocycles. The van der Waals surface area contributed by atoms with E-state index in [-0.39, 0.29) is 0 Å². The maximum atomic E-state index is 5.74. The van der Waals surface area contributed by atoms with Crippen molar-refractivity contribution in [1.82, 2.24) is 0 Å². The first-order valence-corrected chi connectivity index (χ1v) is 5.08. The highest BCUT2D eigenvalue weighted by Gasteiger charge is 2.01. The minimum absolute atomic E-state index is 0.481. The third-order valence-corrected chi connectivity index (χ3v) is 2.25. The van der Waals surface area contributed by atoms with E-state index in [1.807, 2.05) is 25.1 Å². The molecule has 0 aliphatic carbocycles. The SMILES string of the molecule is CCOc1ccc(Br)cc1CCl. The minimum atomic E-state index is 0.481. The zero-order valence-electron chi connectivity index (χ0n) is 6.81. The van der Waals surface area contributed by atoms with Gasteiger partial charge < -0.3 is 4.74 Å². The lowest BCUT2D eigenvalue weighted by Crippen LogP contribution is -1.94. The van der Waals surface area contributed by atoms with Crippen LogP contribution in [0.25, 0.3) is 0 Å². The number of halogens is 2. The molecule has 0 atom stereocenters. The molecule has 0 aliphatic heterocycles. The van der Waals surface area contributed by atoms with Gasteiger partial charge >= 0.3 is 0 Å². The topological polar surface area (TPSA) is 9.23 Å². The molecule has 0 spiro atoms. The van der Waals surface area contributed by atoms with Gasteiger partial charge in [0, 0.05) is 10.0 Å². The summed E-state index contributed by atoms with van der Waals surface area (Å²) in [5, 5.41) is 0. The second-order valence-corrected chi connectivity index (χ2v) is 3.50. The van der Waals surface area contributed by atoms with Crippen LogP contribution in [-0.4, -0.2) is 6.61 Å². The summed E-state index contributed by atoms with van der Waals surface area (Å²) in [6.45, 7) is 2.63. The number of alkyl halides is 1. The Morgan fingerprint density at radius 1 is 1.50 bits per heavy atom. The fourth-order valence-electron chi connectivity index (χ4n) is 0.949. The first-order valence-electron chi connectivity index (χ1n) is 3.75. The van der Waals surface area contributed by atoms with E-state index in [1.165, 1.54) is 0 Å². The van der Waals surface area contributed by atoms with E-state index >= 15 is 0 Å². The van der Waals surface area contributed by atoms with Crippen molar-refractivity contribution in [3.8, 4) is 5.75 Å². The molecule has 3 heteroatoms. The summed E-state index contributed by atoms with van der Waals surface area (Å²) < 4.78 is 6.41. The predicted octanol–water partition coefficient (Wildman–Crippen LogP) is 3.59. The van der Waals surface area contributed by atoms with Crippen LogP contribution in [0.5, 0.6) is 5.75 Å². The predicted molar refractivity (Wildman–Crippen MR) is 54.9 cm³/mol. The van der Waals surface area contributed by atoms with E-state index in [0.717, 1.165) is 15.8 Å². The van der Waals surface area contributed by atoms with Gasteiger partial charge in [0.15, 0.2) is 0 Å². The molecule has 0 fully saturated rings. The van der Waals surface area contributed by atoms with E-state index in [9.17, 15) is 0 Å². The third kappa shape index (κ3) is 2.39. The van der Waals surface area contributed by atoms with E-state index < -0.39 is 0 Å². The van der Waals surface area contributed by atoms with Crippen LogP contribution in [0.2, 0.25) is 0 Å². The molecule has 66 valence electrons. The molecule has 0 amide bonds.